The van der Waals surface area contributed by atoms with Crippen molar-refractivity contribution in [3.8, 4) is 5.75 Å². The van der Waals surface area contributed by atoms with Gasteiger partial charge in [-0.15, -0.1) is 0 Å². The van der Waals surface area contributed by atoms with Gasteiger partial charge < -0.3 is 9.47 Å². The van der Waals surface area contributed by atoms with E-state index >= 15 is 0 Å². The maximum Gasteiger partial charge on any atom is 0.264 e. The van der Waals surface area contributed by atoms with E-state index in [0.29, 0.717) is 0 Å². The van der Waals surface area contributed by atoms with Crippen LogP contribution in [0.3, 0.4) is 0 Å². The number of nitrogens with zero attached hydrogens (tertiary/aromatic N) is 1. The van der Waals surface area contributed by atoms with Crippen LogP contribution in [-0.4, -0.2) is 25.9 Å². The minimum atomic E-state index is -3.71. The molecule has 0 fully saturated rings. The molecular weight excluding hydrogens is 362 g/mol. The second-order valence-electron chi connectivity index (χ2n) is 7.08. The summed E-state index contributed by atoms with van der Waals surface area (Å²) in [6.45, 7) is 5.83. The van der Waals surface area contributed by atoms with Crippen molar-refractivity contribution in [3.05, 3.63) is 64.9 Å². The molecule has 2 aromatic rings. The number of sulfonamides is 1. The Morgan fingerprint density at radius 2 is 1.74 bits per heavy atom. The van der Waals surface area contributed by atoms with Gasteiger partial charge in [-0.25, -0.2) is 8.42 Å². The van der Waals surface area contributed by atoms with Crippen LogP contribution in [0.25, 0.3) is 6.08 Å². The predicted octanol–water partition coefficient (Wildman–Crippen LogP) is 4.20. The van der Waals surface area contributed by atoms with Crippen LogP contribution in [0.5, 0.6) is 5.75 Å². The van der Waals surface area contributed by atoms with Crippen LogP contribution in [0.2, 0.25) is 0 Å². The zero-order valence-corrected chi connectivity index (χ0v) is 16.7. The lowest BCUT2D eigenvalue weighted by atomic mass is 9.85. The average Bonchev–Trinajstić information content (AvgIpc) is 2.65. The van der Waals surface area contributed by atoms with Crippen LogP contribution in [-0.2, 0) is 14.8 Å². The Morgan fingerprint density at radius 3 is 2.41 bits per heavy atom. The average molecular weight is 385 g/mol. The van der Waals surface area contributed by atoms with E-state index in [0.717, 1.165) is 28.0 Å². The molecule has 27 heavy (non-hydrogen) atoms. The number of hydrogen-bond acceptors (Lipinski definition) is 4. The smallest absolute Gasteiger partial charge is 0.264 e. The van der Waals surface area contributed by atoms with Gasteiger partial charge in [0.25, 0.3) is 10.0 Å². The molecule has 0 unspecified atom stereocenters. The summed E-state index contributed by atoms with van der Waals surface area (Å²) in [7, 11) is -2.09. The minimum absolute atomic E-state index is 0.170. The van der Waals surface area contributed by atoms with Gasteiger partial charge in [-0.3, -0.25) is 4.31 Å². The molecule has 2 aliphatic rings. The first-order chi connectivity index (χ1) is 12.8. The fraction of sp³-hybridized carbons (Fsp3) is 0.333. The lowest BCUT2D eigenvalue weighted by molar-refractivity contribution is -0.0411. The van der Waals surface area contributed by atoms with Crippen molar-refractivity contribution in [1.29, 1.82) is 0 Å². The Morgan fingerprint density at radius 1 is 1.04 bits per heavy atom. The van der Waals surface area contributed by atoms with Gasteiger partial charge in [0.2, 0.25) is 0 Å². The summed E-state index contributed by atoms with van der Waals surface area (Å²) in [6.07, 6.45) is 3.04. The summed E-state index contributed by atoms with van der Waals surface area (Å²) in [5.74, 6) is 0.723. The molecule has 2 aliphatic heterocycles. The van der Waals surface area contributed by atoms with E-state index in [9.17, 15) is 8.42 Å². The summed E-state index contributed by atoms with van der Waals surface area (Å²) in [5.41, 5.74) is 3.92. The molecule has 0 amide bonds. The van der Waals surface area contributed by atoms with Gasteiger partial charge >= 0.3 is 0 Å². The molecule has 0 saturated heterocycles. The fourth-order valence-corrected chi connectivity index (χ4v) is 5.57. The highest BCUT2D eigenvalue weighted by Crippen LogP contribution is 2.49. The van der Waals surface area contributed by atoms with Crippen molar-refractivity contribution in [2.24, 2.45) is 0 Å². The first-order valence-corrected chi connectivity index (χ1v) is 10.4. The Labute approximate surface area is 160 Å². The van der Waals surface area contributed by atoms with E-state index in [1.807, 2.05) is 51.1 Å². The van der Waals surface area contributed by atoms with Gasteiger partial charge in [0, 0.05) is 11.8 Å². The van der Waals surface area contributed by atoms with Crippen molar-refractivity contribution in [3.63, 3.8) is 0 Å². The lowest BCUT2D eigenvalue weighted by Crippen LogP contribution is -2.42. The van der Waals surface area contributed by atoms with Crippen LogP contribution in [0.4, 0.5) is 0 Å². The molecule has 0 radical (unpaired) electrons. The summed E-state index contributed by atoms with van der Waals surface area (Å²) in [5, 5.41) is 0. The monoisotopic (exact) mass is 385 g/mol. The first-order valence-electron chi connectivity index (χ1n) is 8.99. The Balaban J connectivity index is 1.89. The third kappa shape index (κ3) is 2.75. The summed E-state index contributed by atoms with van der Waals surface area (Å²) >= 11 is 0. The molecule has 142 valence electrons. The van der Waals surface area contributed by atoms with Crippen LogP contribution < -0.4 is 4.74 Å². The van der Waals surface area contributed by atoms with E-state index in [4.69, 9.17) is 9.47 Å². The Hall–Kier alpha value is -2.31. The molecule has 0 aliphatic carbocycles. The predicted molar refractivity (Wildman–Crippen MR) is 104 cm³/mol. The van der Waals surface area contributed by atoms with E-state index in [1.54, 1.807) is 25.4 Å². The molecule has 0 aromatic heterocycles. The zero-order chi connectivity index (χ0) is 19.3. The molecule has 4 rings (SSSR count). The van der Waals surface area contributed by atoms with Crippen LogP contribution in [0.1, 0.15) is 48.2 Å². The number of hydrogen-bond donors (Lipinski definition) is 0. The van der Waals surface area contributed by atoms with E-state index in [-0.39, 0.29) is 17.1 Å². The van der Waals surface area contributed by atoms with Gasteiger partial charge in [0.15, 0.2) is 0 Å². The largest absolute Gasteiger partial charge is 0.496 e. The van der Waals surface area contributed by atoms with Crippen molar-refractivity contribution in [2.45, 2.75) is 43.9 Å². The van der Waals surface area contributed by atoms with E-state index in [1.165, 1.54) is 4.31 Å². The van der Waals surface area contributed by atoms with Gasteiger partial charge in [0.05, 0.1) is 30.3 Å². The number of ether oxygens (including phenoxy) is 2. The van der Waals surface area contributed by atoms with Crippen molar-refractivity contribution in [1.82, 2.24) is 4.31 Å². The lowest BCUT2D eigenvalue weighted by Gasteiger charge is -2.43. The van der Waals surface area contributed by atoms with Crippen molar-refractivity contribution in [2.75, 3.05) is 7.11 Å². The third-order valence-corrected chi connectivity index (χ3v) is 7.11. The van der Waals surface area contributed by atoms with E-state index in [2.05, 4.69) is 0 Å². The molecule has 0 bridgehead atoms. The number of rotatable bonds is 3. The van der Waals surface area contributed by atoms with Gasteiger partial charge in [-0.2, -0.15) is 0 Å². The minimum Gasteiger partial charge on any atom is -0.496 e. The summed E-state index contributed by atoms with van der Waals surface area (Å²) in [6, 6.07) is 10.4. The SMILES string of the molecule is COc1ccc2c3c1[C@H](C)O[C@@H](C)[C@H]3N(S(=O)(=O)c1ccc(C)cc1)C=C2. The molecule has 0 saturated carbocycles. The van der Waals surface area contributed by atoms with Gasteiger partial charge in [0.1, 0.15) is 5.75 Å². The van der Waals surface area contributed by atoms with Gasteiger partial charge in [-0.1, -0.05) is 23.8 Å². The molecule has 3 atom stereocenters. The molecule has 5 nitrogen and oxygen atoms in total. The van der Waals surface area contributed by atoms with Crippen LogP contribution in [0.15, 0.2) is 47.5 Å². The maximum absolute atomic E-state index is 13.4. The molecular formula is C21H23NO4S. The maximum atomic E-state index is 13.4. The number of methoxy groups -OCH3 is 1. The highest BCUT2D eigenvalue weighted by molar-refractivity contribution is 7.89. The molecule has 0 spiro atoms. The second kappa shape index (κ2) is 6.39. The third-order valence-electron chi connectivity index (χ3n) is 5.34. The molecule has 2 heterocycles. The Bertz CT molecular complexity index is 1010. The number of aryl methyl sites for hydroxylation is 1. The molecule has 2 aromatic carbocycles. The Kier molecular flexibility index (Phi) is 4.28. The summed E-state index contributed by atoms with van der Waals surface area (Å²) in [4.78, 5) is 0.275. The van der Waals surface area contributed by atoms with Crippen molar-refractivity contribution >= 4 is 16.1 Å². The zero-order valence-electron chi connectivity index (χ0n) is 15.8. The quantitative estimate of drug-likeness (QED) is 0.795. The summed E-state index contributed by atoms with van der Waals surface area (Å²) < 4.78 is 39.8. The van der Waals surface area contributed by atoms with E-state index < -0.39 is 16.1 Å². The van der Waals surface area contributed by atoms with Crippen LogP contribution in [0, 0.1) is 6.92 Å². The molecule has 0 N–H and O–H groups in total. The topological polar surface area (TPSA) is 55.8 Å². The van der Waals surface area contributed by atoms with Crippen molar-refractivity contribution < 1.29 is 17.9 Å². The standard InChI is InChI=1S/C21H23NO4S/c1-13-5-8-17(9-6-13)27(23,24)22-12-11-16-7-10-18(25-4)19-14(2)26-15(3)21(22)20(16)19/h5-12,14-15,21H,1-4H3/t14-,15-,21+/m0/s1. The highest BCUT2D eigenvalue weighted by atomic mass is 32.2. The van der Waals surface area contributed by atoms with Gasteiger partial charge in [-0.05, 0) is 56.2 Å². The molecule has 6 heteroatoms. The van der Waals surface area contributed by atoms with Crippen LogP contribution >= 0.6 is 0 Å². The highest BCUT2D eigenvalue weighted by Gasteiger charge is 2.43. The normalized spacial score (nSPS) is 23.9. The fourth-order valence-electron chi connectivity index (χ4n) is 4.05. The second-order valence-corrected chi connectivity index (χ2v) is 8.92. The first kappa shape index (κ1) is 18.1. The number of benzene rings is 2.